The minimum atomic E-state index is -0.157. The van der Waals surface area contributed by atoms with Crippen molar-refractivity contribution in [3.63, 3.8) is 0 Å². The first kappa shape index (κ1) is 13.9. The SMILES string of the molecule is CCC(O)CC1CC(NCCO)CN(C)C1. The van der Waals surface area contributed by atoms with Gasteiger partial charge in [-0.1, -0.05) is 6.92 Å². The number of hydrogen-bond donors (Lipinski definition) is 3. The Morgan fingerprint density at radius 1 is 1.44 bits per heavy atom. The Morgan fingerprint density at radius 2 is 2.19 bits per heavy atom. The number of aliphatic hydroxyl groups excluding tert-OH is 2. The van der Waals surface area contributed by atoms with E-state index in [1.807, 2.05) is 6.92 Å². The predicted molar refractivity (Wildman–Crippen MR) is 65.4 cm³/mol. The van der Waals surface area contributed by atoms with Crippen LogP contribution in [-0.2, 0) is 0 Å². The number of nitrogens with zero attached hydrogens (tertiary/aromatic N) is 1. The Bertz CT molecular complexity index is 190. The van der Waals surface area contributed by atoms with E-state index in [-0.39, 0.29) is 12.7 Å². The van der Waals surface area contributed by atoms with Crippen LogP contribution in [0.15, 0.2) is 0 Å². The average Bonchev–Trinajstić information content (AvgIpc) is 2.25. The summed E-state index contributed by atoms with van der Waals surface area (Å²) < 4.78 is 0. The van der Waals surface area contributed by atoms with E-state index < -0.39 is 0 Å². The average molecular weight is 230 g/mol. The molecule has 1 rings (SSSR count). The third-order valence-corrected chi connectivity index (χ3v) is 3.34. The number of nitrogens with one attached hydrogen (secondary N) is 1. The Labute approximate surface area is 98.6 Å². The van der Waals surface area contributed by atoms with Crippen LogP contribution in [0, 0.1) is 5.92 Å². The second kappa shape index (κ2) is 7.22. The first-order valence-electron chi connectivity index (χ1n) is 6.36. The minimum Gasteiger partial charge on any atom is -0.395 e. The Hall–Kier alpha value is -0.160. The molecule has 1 saturated heterocycles. The van der Waals surface area contributed by atoms with Crippen molar-refractivity contribution in [1.29, 1.82) is 0 Å². The van der Waals surface area contributed by atoms with Gasteiger partial charge >= 0.3 is 0 Å². The zero-order chi connectivity index (χ0) is 12.0. The van der Waals surface area contributed by atoms with Gasteiger partial charge in [-0.05, 0) is 32.2 Å². The van der Waals surface area contributed by atoms with Crippen LogP contribution in [-0.4, -0.2) is 60.5 Å². The molecule has 0 aliphatic carbocycles. The highest BCUT2D eigenvalue weighted by Crippen LogP contribution is 2.21. The number of aliphatic hydroxyl groups is 2. The van der Waals surface area contributed by atoms with E-state index in [9.17, 15) is 5.11 Å². The van der Waals surface area contributed by atoms with Crippen molar-refractivity contribution in [1.82, 2.24) is 10.2 Å². The van der Waals surface area contributed by atoms with Gasteiger partial charge in [-0.3, -0.25) is 0 Å². The van der Waals surface area contributed by atoms with Gasteiger partial charge in [-0.15, -0.1) is 0 Å². The van der Waals surface area contributed by atoms with Crippen molar-refractivity contribution in [3.8, 4) is 0 Å². The molecule has 1 aliphatic rings. The normalized spacial score (nSPS) is 29.2. The maximum absolute atomic E-state index is 9.68. The molecule has 0 radical (unpaired) electrons. The summed E-state index contributed by atoms with van der Waals surface area (Å²) in [7, 11) is 2.12. The highest BCUT2D eigenvalue weighted by molar-refractivity contribution is 4.83. The third kappa shape index (κ3) is 4.78. The second-order valence-electron chi connectivity index (χ2n) is 5.00. The number of piperidine rings is 1. The fourth-order valence-corrected chi connectivity index (χ4v) is 2.58. The number of likely N-dealkylation sites (N-methyl/N-ethyl adjacent to an activating group) is 1. The van der Waals surface area contributed by atoms with E-state index >= 15 is 0 Å². The molecule has 1 fully saturated rings. The lowest BCUT2D eigenvalue weighted by Gasteiger charge is -2.36. The van der Waals surface area contributed by atoms with Crippen LogP contribution in [0.3, 0.4) is 0 Å². The predicted octanol–water partition coefficient (Wildman–Crippen LogP) is 0.0496. The van der Waals surface area contributed by atoms with Gasteiger partial charge in [0, 0.05) is 25.7 Å². The highest BCUT2D eigenvalue weighted by Gasteiger charge is 2.25. The molecule has 1 heterocycles. The fraction of sp³-hybridized carbons (Fsp3) is 1.00. The van der Waals surface area contributed by atoms with Gasteiger partial charge in [0.1, 0.15) is 0 Å². The molecule has 96 valence electrons. The third-order valence-electron chi connectivity index (χ3n) is 3.34. The lowest BCUT2D eigenvalue weighted by atomic mass is 9.89. The van der Waals surface area contributed by atoms with E-state index in [1.54, 1.807) is 0 Å². The van der Waals surface area contributed by atoms with Gasteiger partial charge in [0.15, 0.2) is 0 Å². The van der Waals surface area contributed by atoms with Gasteiger partial charge < -0.3 is 20.4 Å². The largest absolute Gasteiger partial charge is 0.395 e. The Kier molecular flexibility index (Phi) is 6.28. The van der Waals surface area contributed by atoms with Gasteiger partial charge in [-0.2, -0.15) is 0 Å². The van der Waals surface area contributed by atoms with Gasteiger partial charge in [0.05, 0.1) is 12.7 Å². The summed E-state index contributed by atoms with van der Waals surface area (Å²) in [6.45, 7) is 5.01. The molecule has 0 spiro atoms. The van der Waals surface area contributed by atoms with E-state index in [2.05, 4.69) is 17.3 Å². The molecule has 1 aliphatic heterocycles. The Balaban J connectivity index is 2.35. The van der Waals surface area contributed by atoms with Crippen molar-refractivity contribution in [2.24, 2.45) is 5.92 Å². The maximum Gasteiger partial charge on any atom is 0.0556 e. The maximum atomic E-state index is 9.68. The van der Waals surface area contributed by atoms with Crippen molar-refractivity contribution in [2.45, 2.75) is 38.3 Å². The first-order chi connectivity index (χ1) is 7.65. The van der Waals surface area contributed by atoms with Crippen LogP contribution in [0.4, 0.5) is 0 Å². The van der Waals surface area contributed by atoms with Crippen molar-refractivity contribution >= 4 is 0 Å². The summed E-state index contributed by atoms with van der Waals surface area (Å²) in [5, 5.41) is 21.8. The molecule has 3 unspecified atom stereocenters. The van der Waals surface area contributed by atoms with E-state index in [0.29, 0.717) is 18.5 Å². The van der Waals surface area contributed by atoms with Crippen molar-refractivity contribution in [2.75, 3.05) is 33.3 Å². The smallest absolute Gasteiger partial charge is 0.0556 e. The van der Waals surface area contributed by atoms with Crippen LogP contribution < -0.4 is 5.32 Å². The lowest BCUT2D eigenvalue weighted by Crippen LogP contribution is -2.48. The molecule has 0 aromatic rings. The molecule has 0 amide bonds. The first-order valence-corrected chi connectivity index (χ1v) is 6.36. The van der Waals surface area contributed by atoms with Crippen LogP contribution in [0.2, 0.25) is 0 Å². The zero-order valence-electron chi connectivity index (χ0n) is 10.5. The molecule has 16 heavy (non-hydrogen) atoms. The summed E-state index contributed by atoms with van der Waals surface area (Å²) in [6, 6.07) is 0.458. The topological polar surface area (TPSA) is 55.7 Å². The molecule has 4 nitrogen and oxygen atoms in total. The van der Waals surface area contributed by atoms with E-state index in [4.69, 9.17) is 5.11 Å². The van der Waals surface area contributed by atoms with Gasteiger partial charge in [-0.25, -0.2) is 0 Å². The van der Waals surface area contributed by atoms with E-state index in [1.165, 1.54) is 0 Å². The highest BCUT2D eigenvalue weighted by atomic mass is 16.3. The molecule has 0 aromatic carbocycles. The van der Waals surface area contributed by atoms with Gasteiger partial charge in [0.25, 0.3) is 0 Å². The summed E-state index contributed by atoms with van der Waals surface area (Å²) in [5.74, 6) is 0.574. The molecule has 0 aromatic heterocycles. The summed E-state index contributed by atoms with van der Waals surface area (Å²) in [6.07, 6.45) is 2.70. The van der Waals surface area contributed by atoms with Crippen LogP contribution in [0.1, 0.15) is 26.2 Å². The van der Waals surface area contributed by atoms with Crippen LogP contribution >= 0.6 is 0 Å². The lowest BCUT2D eigenvalue weighted by molar-refractivity contribution is 0.0935. The summed E-state index contributed by atoms with van der Waals surface area (Å²) in [5.41, 5.74) is 0. The molecule has 4 heteroatoms. The van der Waals surface area contributed by atoms with Gasteiger partial charge in [0.2, 0.25) is 0 Å². The van der Waals surface area contributed by atoms with Crippen molar-refractivity contribution in [3.05, 3.63) is 0 Å². The summed E-state index contributed by atoms with van der Waals surface area (Å²) >= 11 is 0. The summed E-state index contributed by atoms with van der Waals surface area (Å²) in [4.78, 5) is 2.31. The Morgan fingerprint density at radius 3 is 2.81 bits per heavy atom. The standard InChI is InChI=1S/C12H26N2O2/c1-3-12(16)7-10-6-11(13-4-5-15)9-14(2)8-10/h10-13,15-16H,3-9H2,1-2H3. The molecule has 3 N–H and O–H groups in total. The molecule has 0 saturated carbocycles. The van der Waals surface area contributed by atoms with E-state index in [0.717, 1.165) is 32.4 Å². The minimum absolute atomic E-state index is 0.157. The monoisotopic (exact) mass is 230 g/mol. The number of likely N-dealkylation sites (tertiary alicyclic amines) is 1. The number of hydrogen-bond acceptors (Lipinski definition) is 4. The zero-order valence-corrected chi connectivity index (χ0v) is 10.5. The van der Waals surface area contributed by atoms with Crippen LogP contribution in [0.5, 0.6) is 0 Å². The molecular weight excluding hydrogens is 204 g/mol. The molecular formula is C12H26N2O2. The van der Waals surface area contributed by atoms with Crippen molar-refractivity contribution < 1.29 is 10.2 Å². The van der Waals surface area contributed by atoms with Crippen LogP contribution in [0.25, 0.3) is 0 Å². The quantitative estimate of drug-likeness (QED) is 0.603. The second-order valence-corrected chi connectivity index (χ2v) is 5.00. The fourth-order valence-electron chi connectivity index (χ4n) is 2.58. The molecule has 3 atom stereocenters. The number of rotatable bonds is 6. The molecule has 0 bridgehead atoms.